The molecular weight excluding hydrogens is 180 g/mol. The zero-order chi connectivity index (χ0) is 10.8. The second-order valence-electron chi connectivity index (χ2n) is 4.53. The fourth-order valence-corrected chi connectivity index (χ4v) is 0.988. The Hall–Kier alpha value is -0.900. The van der Waals surface area contributed by atoms with Crippen LogP contribution >= 0.6 is 0 Å². The Morgan fingerprint density at radius 1 is 1.43 bits per heavy atom. The van der Waals surface area contributed by atoms with Crippen LogP contribution in [0, 0.1) is 0 Å². The Bertz CT molecular complexity index is 289. The molecule has 0 bridgehead atoms. The van der Waals surface area contributed by atoms with Gasteiger partial charge in [-0.1, -0.05) is 32.9 Å². The van der Waals surface area contributed by atoms with Crippen molar-refractivity contribution >= 4 is 0 Å². The van der Waals surface area contributed by atoms with Crippen LogP contribution < -0.4 is 0 Å². The van der Waals surface area contributed by atoms with E-state index in [0.717, 1.165) is 0 Å². The second kappa shape index (κ2) is 4.09. The van der Waals surface area contributed by atoms with Gasteiger partial charge in [-0.15, -0.1) is 0 Å². The predicted molar refractivity (Wildman–Crippen MR) is 53.0 cm³/mol. The fraction of sp³-hybridized carbons (Fsp3) is 0.800. The minimum absolute atomic E-state index is 0.0983. The lowest BCUT2D eigenvalue weighted by Crippen LogP contribution is -2.14. The molecule has 0 saturated heterocycles. The van der Waals surface area contributed by atoms with Gasteiger partial charge in [0.25, 0.3) is 0 Å². The summed E-state index contributed by atoms with van der Waals surface area (Å²) >= 11 is 0. The smallest absolute Gasteiger partial charge is 0.229 e. The van der Waals surface area contributed by atoms with Crippen molar-refractivity contribution in [2.24, 2.45) is 0 Å². The summed E-state index contributed by atoms with van der Waals surface area (Å²) in [6, 6.07) is 0. The molecule has 14 heavy (non-hydrogen) atoms. The number of aliphatic hydroxyl groups excluding tert-OH is 1. The average molecular weight is 198 g/mol. The molecule has 1 aromatic heterocycles. The van der Waals surface area contributed by atoms with E-state index in [-0.39, 0.29) is 11.5 Å². The highest BCUT2D eigenvalue weighted by molar-refractivity contribution is 5.00. The van der Waals surface area contributed by atoms with Crippen LogP contribution in [0.25, 0.3) is 0 Å². The van der Waals surface area contributed by atoms with E-state index in [9.17, 15) is 5.11 Å². The molecule has 1 unspecified atom stereocenters. The molecular formula is C10H18N2O2. The van der Waals surface area contributed by atoms with E-state index in [1.807, 2.05) is 27.7 Å². The Morgan fingerprint density at radius 2 is 2.07 bits per heavy atom. The van der Waals surface area contributed by atoms with E-state index in [0.29, 0.717) is 24.6 Å². The zero-order valence-electron chi connectivity index (χ0n) is 9.24. The molecule has 1 heterocycles. The van der Waals surface area contributed by atoms with Gasteiger partial charge in [0.1, 0.15) is 0 Å². The summed E-state index contributed by atoms with van der Waals surface area (Å²) in [5.41, 5.74) is -0.0983. The maximum Gasteiger partial charge on any atom is 0.229 e. The minimum atomic E-state index is -0.386. The second-order valence-corrected chi connectivity index (χ2v) is 4.53. The van der Waals surface area contributed by atoms with Gasteiger partial charge >= 0.3 is 0 Å². The highest BCUT2D eigenvalue weighted by Gasteiger charge is 2.21. The molecule has 0 aliphatic carbocycles. The Balaban J connectivity index is 2.69. The number of hydrogen-bond donors (Lipinski definition) is 1. The van der Waals surface area contributed by atoms with Crippen LogP contribution in [0.4, 0.5) is 0 Å². The third-order valence-electron chi connectivity index (χ3n) is 2.02. The first-order chi connectivity index (χ1) is 6.43. The first kappa shape index (κ1) is 11.2. The van der Waals surface area contributed by atoms with E-state index < -0.39 is 0 Å². The lowest BCUT2D eigenvalue weighted by molar-refractivity contribution is 0.158. The van der Waals surface area contributed by atoms with E-state index >= 15 is 0 Å². The van der Waals surface area contributed by atoms with Crippen molar-refractivity contribution in [2.45, 2.75) is 52.1 Å². The first-order valence-corrected chi connectivity index (χ1v) is 4.94. The summed E-state index contributed by atoms with van der Waals surface area (Å²) in [5.74, 6) is 1.21. The lowest BCUT2D eigenvalue weighted by atomic mass is 9.96. The first-order valence-electron chi connectivity index (χ1n) is 4.94. The molecule has 0 amide bonds. The molecule has 80 valence electrons. The van der Waals surface area contributed by atoms with Crippen molar-refractivity contribution in [2.75, 3.05) is 0 Å². The van der Waals surface area contributed by atoms with Gasteiger partial charge in [-0.2, -0.15) is 4.98 Å². The van der Waals surface area contributed by atoms with Crippen LogP contribution in [0.2, 0.25) is 0 Å². The van der Waals surface area contributed by atoms with E-state index in [1.54, 1.807) is 0 Å². The summed E-state index contributed by atoms with van der Waals surface area (Å²) in [6.45, 7) is 8.00. The van der Waals surface area contributed by atoms with E-state index in [2.05, 4.69) is 10.1 Å². The van der Waals surface area contributed by atoms with Gasteiger partial charge in [0.15, 0.2) is 5.82 Å². The van der Waals surface area contributed by atoms with Crippen molar-refractivity contribution in [3.63, 3.8) is 0 Å². The molecule has 0 aromatic carbocycles. The van der Waals surface area contributed by atoms with Crippen molar-refractivity contribution in [1.29, 1.82) is 0 Å². The molecule has 0 radical (unpaired) electrons. The summed E-state index contributed by atoms with van der Waals surface area (Å²) < 4.78 is 5.04. The molecule has 1 atom stereocenters. The number of aromatic nitrogens is 2. The Labute approximate surface area is 84.3 Å². The molecule has 0 fully saturated rings. The molecule has 0 aliphatic rings. The summed E-state index contributed by atoms with van der Waals surface area (Å²) in [5, 5.41) is 13.3. The van der Waals surface area contributed by atoms with Gasteiger partial charge in [-0.05, 0) is 6.42 Å². The van der Waals surface area contributed by atoms with Crippen LogP contribution in [-0.4, -0.2) is 21.4 Å². The van der Waals surface area contributed by atoms with Crippen LogP contribution in [0.1, 0.15) is 45.8 Å². The monoisotopic (exact) mass is 198 g/mol. The number of aliphatic hydroxyl groups is 1. The average Bonchev–Trinajstić information content (AvgIpc) is 2.51. The van der Waals surface area contributed by atoms with Crippen molar-refractivity contribution < 1.29 is 9.63 Å². The largest absolute Gasteiger partial charge is 0.393 e. The van der Waals surface area contributed by atoms with Crippen LogP contribution in [-0.2, 0) is 11.8 Å². The van der Waals surface area contributed by atoms with E-state index in [1.165, 1.54) is 0 Å². The number of rotatable bonds is 3. The van der Waals surface area contributed by atoms with Gasteiger partial charge in [0.05, 0.1) is 12.5 Å². The van der Waals surface area contributed by atoms with E-state index in [4.69, 9.17) is 4.52 Å². The van der Waals surface area contributed by atoms with Gasteiger partial charge in [-0.3, -0.25) is 0 Å². The number of hydrogen-bond acceptors (Lipinski definition) is 4. The Morgan fingerprint density at radius 3 is 2.50 bits per heavy atom. The molecule has 0 saturated carbocycles. The van der Waals surface area contributed by atoms with Crippen LogP contribution in [0.3, 0.4) is 0 Å². The highest BCUT2D eigenvalue weighted by Crippen LogP contribution is 2.18. The standard InChI is InChI=1S/C10H18N2O2/c1-5-7(13)6-8-11-9(12-14-8)10(2,3)4/h7,13H,5-6H2,1-4H3. The molecule has 0 aliphatic heterocycles. The molecule has 0 spiro atoms. The minimum Gasteiger partial charge on any atom is -0.393 e. The van der Waals surface area contributed by atoms with Gasteiger partial charge < -0.3 is 9.63 Å². The maximum absolute atomic E-state index is 9.40. The highest BCUT2D eigenvalue weighted by atomic mass is 16.5. The Kier molecular flexibility index (Phi) is 3.26. The van der Waals surface area contributed by atoms with Gasteiger partial charge in [0, 0.05) is 5.41 Å². The maximum atomic E-state index is 9.40. The number of nitrogens with zero attached hydrogens (tertiary/aromatic N) is 2. The summed E-state index contributed by atoms with van der Waals surface area (Å²) in [6.07, 6.45) is 0.760. The third-order valence-corrected chi connectivity index (χ3v) is 2.02. The summed E-state index contributed by atoms with van der Waals surface area (Å²) in [7, 11) is 0. The van der Waals surface area contributed by atoms with Gasteiger partial charge in [-0.25, -0.2) is 0 Å². The van der Waals surface area contributed by atoms with Crippen molar-refractivity contribution in [1.82, 2.24) is 10.1 Å². The molecule has 1 aromatic rings. The fourth-order valence-electron chi connectivity index (χ4n) is 0.988. The third kappa shape index (κ3) is 2.80. The molecule has 1 N–H and O–H groups in total. The summed E-state index contributed by atoms with van der Waals surface area (Å²) in [4.78, 5) is 4.23. The van der Waals surface area contributed by atoms with Crippen molar-refractivity contribution in [3.05, 3.63) is 11.7 Å². The zero-order valence-corrected chi connectivity index (χ0v) is 9.24. The molecule has 4 nitrogen and oxygen atoms in total. The topological polar surface area (TPSA) is 59.2 Å². The predicted octanol–water partition coefficient (Wildman–Crippen LogP) is 1.68. The lowest BCUT2D eigenvalue weighted by Gasteiger charge is -2.10. The SMILES string of the molecule is CCC(O)Cc1nc(C(C)(C)C)no1. The van der Waals surface area contributed by atoms with Gasteiger partial charge in [0.2, 0.25) is 5.89 Å². The van der Waals surface area contributed by atoms with Crippen molar-refractivity contribution in [3.8, 4) is 0 Å². The van der Waals surface area contributed by atoms with Crippen LogP contribution in [0.15, 0.2) is 4.52 Å². The normalized spacial score (nSPS) is 14.4. The molecule has 4 heteroatoms. The van der Waals surface area contributed by atoms with Crippen LogP contribution in [0.5, 0.6) is 0 Å². The quantitative estimate of drug-likeness (QED) is 0.802. The molecule has 1 rings (SSSR count).